The fourth-order valence-corrected chi connectivity index (χ4v) is 3.17. The van der Waals surface area contributed by atoms with E-state index in [0.29, 0.717) is 19.4 Å². The van der Waals surface area contributed by atoms with Crippen LogP contribution in [0, 0.1) is 5.92 Å². The van der Waals surface area contributed by atoms with E-state index in [1.54, 1.807) is 20.8 Å². The molecule has 29 heavy (non-hydrogen) atoms. The maximum atomic E-state index is 12.9. The largest absolute Gasteiger partial charge is 0.458 e. The molecule has 1 aromatic carbocycles. The number of benzene rings is 1. The van der Waals surface area contributed by atoms with E-state index in [4.69, 9.17) is 9.47 Å². The predicted molar refractivity (Wildman–Crippen MR) is 109 cm³/mol. The average molecular weight is 405 g/mol. The standard InChI is InChI=1S/C22H32N2O5/c1-15(2)18(20(26)29-22(3,4)5)23-19(25)17-12-9-13-24(17)21(27)28-14-16-10-7-6-8-11-16/h6-8,10-11,15,17-18H,9,12-14H2,1-5H3,(H,23,25)/t17-,18-/m0/s1. The zero-order valence-corrected chi connectivity index (χ0v) is 17.9. The highest BCUT2D eigenvalue weighted by molar-refractivity contribution is 5.90. The van der Waals surface area contributed by atoms with Gasteiger partial charge in [0.2, 0.25) is 5.91 Å². The van der Waals surface area contributed by atoms with Crippen LogP contribution in [0.15, 0.2) is 30.3 Å². The number of hydrogen-bond donors (Lipinski definition) is 1. The number of esters is 1. The lowest BCUT2D eigenvalue weighted by Crippen LogP contribution is -2.53. The van der Waals surface area contributed by atoms with Gasteiger partial charge in [0.25, 0.3) is 0 Å². The number of carbonyl (C=O) groups excluding carboxylic acids is 3. The van der Waals surface area contributed by atoms with Gasteiger partial charge in [-0.3, -0.25) is 9.69 Å². The maximum absolute atomic E-state index is 12.9. The number of carbonyl (C=O) groups is 3. The van der Waals surface area contributed by atoms with Crippen molar-refractivity contribution in [2.45, 2.75) is 71.8 Å². The molecule has 7 nitrogen and oxygen atoms in total. The predicted octanol–water partition coefficient (Wildman–Crippen LogP) is 3.27. The molecule has 0 unspecified atom stereocenters. The van der Waals surface area contributed by atoms with Crippen molar-refractivity contribution in [2.24, 2.45) is 5.92 Å². The van der Waals surface area contributed by atoms with Crippen molar-refractivity contribution in [2.75, 3.05) is 6.54 Å². The quantitative estimate of drug-likeness (QED) is 0.736. The van der Waals surface area contributed by atoms with Crippen LogP contribution in [0.2, 0.25) is 0 Å². The maximum Gasteiger partial charge on any atom is 0.410 e. The Balaban J connectivity index is 1.98. The van der Waals surface area contributed by atoms with Crippen LogP contribution in [0.1, 0.15) is 53.0 Å². The molecule has 0 bridgehead atoms. The molecule has 1 heterocycles. The molecule has 1 aromatic rings. The summed E-state index contributed by atoms with van der Waals surface area (Å²) in [4.78, 5) is 39.3. The van der Waals surface area contributed by atoms with Gasteiger partial charge >= 0.3 is 12.1 Å². The first-order valence-corrected chi connectivity index (χ1v) is 10.1. The molecule has 160 valence electrons. The number of ether oxygens (including phenoxy) is 2. The third kappa shape index (κ3) is 6.76. The van der Waals surface area contributed by atoms with Gasteiger partial charge < -0.3 is 14.8 Å². The van der Waals surface area contributed by atoms with Crippen LogP contribution in [0.25, 0.3) is 0 Å². The zero-order valence-electron chi connectivity index (χ0n) is 17.9. The molecule has 2 rings (SSSR count). The summed E-state index contributed by atoms with van der Waals surface area (Å²) in [6.45, 7) is 9.63. The van der Waals surface area contributed by atoms with Crippen molar-refractivity contribution in [3.63, 3.8) is 0 Å². The summed E-state index contributed by atoms with van der Waals surface area (Å²) < 4.78 is 10.8. The van der Waals surface area contributed by atoms with E-state index in [0.717, 1.165) is 5.56 Å². The van der Waals surface area contributed by atoms with Gasteiger partial charge in [0.05, 0.1) is 0 Å². The smallest absolute Gasteiger partial charge is 0.410 e. The Morgan fingerprint density at radius 3 is 2.41 bits per heavy atom. The van der Waals surface area contributed by atoms with Crippen molar-refractivity contribution >= 4 is 18.0 Å². The van der Waals surface area contributed by atoms with Crippen LogP contribution in [-0.2, 0) is 25.7 Å². The summed E-state index contributed by atoms with van der Waals surface area (Å²) in [6.07, 6.45) is 0.716. The van der Waals surface area contributed by atoms with Crippen molar-refractivity contribution in [1.82, 2.24) is 10.2 Å². The summed E-state index contributed by atoms with van der Waals surface area (Å²) in [5, 5.41) is 2.78. The summed E-state index contributed by atoms with van der Waals surface area (Å²) in [7, 11) is 0. The van der Waals surface area contributed by atoms with Crippen LogP contribution in [0.3, 0.4) is 0 Å². The molecule has 7 heteroatoms. The number of amides is 2. The molecular weight excluding hydrogens is 372 g/mol. The second-order valence-corrected chi connectivity index (χ2v) is 8.66. The Hall–Kier alpha value is -2.57. The van der Waals surface area contributed by atoms with Gasteiger partial charge in [-0.25, -0.2) is 9.59 Å². The van der Waals surface area contributed by atoms with Crippen molar-refractivity contribution < 1.29 is 23.9 Å². The van der Waals surface area contributed by atoms with Gasteiger partial charge in [-0.1, -0.05) is 44.2 Å². The molecule has 0 aliphatic carbocycles. The summed E-state index contributed by atoms with van der Waals surface area (Å²) >= 11 is 0. The molecular formula is C22H32N2O5. The summed E-state index contributed by atoms with van der Waals surface area (Å²) in [5.74, 6) is -0.977. The second-order valence-electron chi connectivity index (χ2n) is 8.66. The normalized spacial score (nSPS) is 17.7. The fourth-order valence-electron chi connectivity index (χ4n) is 3.17. The van der Waals surface area contributed by atoms with E-state index in [-0.39, 0.29) is 18.4 Å². The molecule has 1 aliphatic heterocycles. The molecule has 2 amide bonds. The van der Waals surface area contributed by atoms with Gasteiger partial charge in [0.1, 0.15) is 24.3 Å². The highest BCUT2D eigenvalue weighted by Crippen LogP contribution is 2.20. The van der Waals surface area contributed by atoms with Gasteiger partial charge in [0, 0.05) is 6.54 Å². The molecule has 1 fully saturated rings. The molecule has 0 aromatic heterocycles. The van der Waals surface area contributed by atoms with Crippen LogP contribution in [0.5, 0.6) is 0 Å². The molecule has 0 saturated carbocycles. The number of hydrogen-bond acceptors (Lipinski definition) is 5. The van der Waals surface area contributed by atoms with Gasteiger partial charge in [-0.05, 0) is 45.1 Å². The average Bonchev–Trinajstić information content (AvgIpc) is 3.13. The first kappa shape index (κ1) is 22.7. The summed E-state index contributed by atoms with van der Waals surface area (Å²) in [5.41, 5.74) is 0.237. The Kier molecular flexibility index (Phi) is 7.65. The van der Waals surface area contributed by atoms with E-state index in [1.165, 1.54) is 4.90 Å². The first-order valence-electron chi connectivity index (χ1n) is 10.1. The lowest BCUT2D eigenvalue weighted by atomic mass is 10.0. The molecule has 0 radical (unpaired) electrons. The topological polar surface area (TPSA) is 84.9 Å². The van der Waals surface area contributed by atoms with Crippen LogP contribution in [-0.4, -0.2) is 47.1 Å². The Morgan fingerprint density at radius 1 is 1.17 bits per heavy atom. The SMILES string of the molecule is CC(C)[C@H](NC(=O)[C@@H]1CCCN1C(=O)OCc1ccccc1)C(=O)OC(C)(C)C. The lowest BCUT2D eigenvalue weighted by molar-refractivity contribution is -0.160. The molecule has 2 atom stereocenters. The Morgan fingerprint density at radius 2 is 1.83 bits per heavy atom. The summed E-state index contributed by atoms with van der Waals surface area (Å²) in [6, 6.07) is 7.95. The second kappa shape index (κ2) is 9.76. The van der Waals surface area contributed by atoms with E-state index in [9.17, 15) is 14.4 Å². The van der Waals surface area contributed by atoms with E-state index < -0.39 is 29.7 Å². The zero-order chi connectivity index (χ0) is 21.6. The lowest BCUT2D eigenvalue weighted by Gasteiger charge is -2.29. The van der Waals surface area contributed by atoms with Crippen molar-refractivity contribution in [3.05, 3.63) is 35.9 Å². The Bertz CT molecular complexity index is 712. The highest BCUT2D eigenvalue weighted by atomic mass is 16.6. The molecule has 1 saturated heterocycles. The first-order chi connectivity index (χ1) is 13.6. The Labute approximate surface area is 172 Å². The number of nitrogens with zero attached hydrogens (tertiary/aromatic N) is 1. The van der Waals surface area contributed by atoms with Crippen LogP contribution < -0.4 is 5.32 Å². The van der Waals surface area contributed by atoms with Gasteiger partial charge in [-0.15, -0.1) is 0 Å². The van der Waals surface area contributed by atoms with Gasteiger partial charge in [0.15, 0.2) is 0 Å². The van der Waals surface area contributed by atoms with Crippen molar-refractivity contribution in [3.8, 4) is 0 Å². The number of nitrogens with one attached hydrogen (secondary N) is 1. The molecule has 1 N–H and O–H groups in total. The number of likely N-dealkylation sites (tertiary alicyclic amines) is 1. The van der Waals surface area contributed by atoms with E-state index in [2.05, 4.69) is 5.32 Å². The highest BCUT2D eigenvalue weighted by Gasteiger charge is 2.38. The van der Waals surface area contributed by atoms with Crippen molar-refractivity contribution in [1.29, 1.82) is 0 Å². The molecule has 0 spiro atoms. The third-order valence-corrected chi connectivity index (χ3v) is 4.62. The van der Waals surface area contributed by atoms with Gasteiger partial charge in [-0.2, -0.15) is 0 Å². The fraction of sp³-hybridized carbons (Fsp3) is 0.591. The minimum Gasteiger partial charge on any atom is -0.458 e. The van der Waals surface area contributed by atoms with Crippen LogP contribution in [0.4, 0.5) is 4.79 Å². The molecule has 1 aliphatic rings. The monoisotopic (exact) mass is 404 g/mol. The van der Waals surface area contributed by atoms with E-state index >= 15 is 0 Å². The minimum absolute atomic E-state index is 0.145. The third-order valence-electron chi connectivity index (χ3n) is 4.62. The van der Waals surface area contributed by atoms with Crippen LogP contribution >= 0.6 is 0 Å². The minimum atomic E-state index is -0.774. The number of rotatable bonds is 6. The van der Waals surface area contributed by atoms with E-state index in [1.807, 2.05) is 44.2 Å².